The molecule has 0 bridgehead atoms. The van der Waals surface area contributed by atoms with E-state index in [4.69, 9.17) is 21.7 Å². The Labute approximate surface area is 186 Å². The van der Waals surface area contributed by atoms with Crippen LogP contribution in [0, 0.1) is 24.1 Å². The van der Waals surface area contributed by atoms with Crippen molar-refractivity contribution < 1.29 is 14.0 Å². The van der Waals surface area contributed by atoms with E-state index >= 15 is 0 Å². The number of nitrogens with zero attached hydrogens (tertiary/aromatic N) is 6. The molecule has 2 aromatic heterocycles. The van der Waals surface area contributed by atoms with E-state index in [0.29, 0.717) is 34.9 Å². The van der Waals surface area contributed by atoms with E-state index < -0.39 is 17.8 Å². The van der Waals surface area contributed by atoms with Gasteiger partial charge in [-0.15, -0.1) is 5.10 Å². The lowest BCUT2D eigenvalue weighted by Crippen LogP contribution is -2.25. The Kier molecular flexibility index (Phi) is 6.00. The molecule has 4 rings (SSSR count). The maximum atomic E-state index is 13.3. The zero-order valence-corrected chi connectivity index (χ0v) is 17.5. The molecule has 0 spiro atoms. The second-order valence-corrected chi connectivity index (χ2v) is 7.32. The van der Waals surface area contributed by atoms with Gasteiger partial charge < -0.3 is 10.2 Å². The van der Waals surface area contributed by atoms with E-state index in [-0.39, 0.29) is 23.0 Å². The van der Waals surface area contributed by atoms with Gasteiger partial charge in [-0.2, -0.15) is 10.4 Å². The van der Waals surface area contributed by atoms with Crippen LogP contribution < -0.4 is 5.32 Å². The highest BCUT2D eigenvalue weighted by atomic mass is 35.5. The summed E-state index contributed by atoms with van der Waals surface area (Å²) in [5.74, 6) is -0.560. The average molecular weight is 452 g/mol. The molecular weight excluding hydrogens is 437 g/mol. The Bertz CT molecular complexity index is 1260. The minimum Gasteiger partial charge on any atom is -0.385 e. The summed E-state index contributed by atoms with van der Waals surface area (Å²) in [6.45, 7) is 1.82. The van der Waals surface area contributed by atoms with Gasteiger partial charge in [-0.3, -0.25) is 4.79 Å². The molecule has 0 saturated heterocycles. The predicted molar refractivity (Wildman–Crippen MR) is 111 cm³/mol. The van der Waals surface area contributed by atoms with Crippen molar-refractivity contribution >= 4 is 23.2 Å². The summed E-state index contributed by atoms with van der Waals surface area (Å²) < 4.78 is 13.3. The number of rotatable bonds is 5. The first-order valence-electron chi connectivity index (χ1n) is 9.47. The SMILES string of the molecule is Cc1nc(C(=O)NCc2ccc(F)c(Cl)c2)cc(C2=NOC(c3ccc(C#N)nn3)C2)n1. The average Bonchev–Trinajstić information content (AvgIpc) is 3.30. The number of hydrogen-bond donors (Lipinski definition) is 1. The first-order valence-corrected chi connectivity index (χ1v) is 9.85. The van der Waals surface area contributed by atoms with Crippen LogP contribution in [0.3, 0.4) is 0 Å². The normalized spacial score (nSPS) is 14.9. The zero-order chi connectivity index (χ0) is 22.7. The number of benzene rings is 1. The van der Waals surface area contributed by atoms with Gasteiger partial charge in [-0.1, -0.05) is 22.8 Å². The Hall–Kier alpha value is -3.97. The Morgan fingerprint density at radius 1 is 1.28 bits per heavy atom. The van der Waals surface area contributed by atoms with E-state index in [2.05, 4.69) is 30.6 Å². The molecule has 9 nitrogen and oxygen atoms in total. The molecule has 1 N–H and O–H groups in total. The van der Waals surface area contributed by atoms with Crippen LogP contribution in [0.1, 0.15) is 51.5 Å². The third-order valence-electron chi connectivity index (χ3n) is 4.60. The van der Waals surface area contributed by atoms with Crippen LogP contribution >= 0.6 is 11.6 Å². The fourth-order valence-electron chi connectivity index (χ4n) is 3.02. The van der Waals surface area contributed by atoms with Crippen LogP contribution in [-0.2, 0) is 11.4 Å². The Morgan fingerprint density at radius 3 is 2.84 bits per heavy atom. The van der Waals surface area contributed by atoms with Crippen LogP contribution in [0.2, 0.25) is 5.02 Å². The van der Waals surface area contributed by atoms with Gasteiger partial charge in [-0.25, -0.2) is 14.4 Å². The number of carbonyl (C=O) groups is 1. The molecule has 0 saturated carbocycles. The largest absolute Gasteiger partial charge is 0.385 e. The minimum atomic E-state index is -0.525. The zero-order valence-electron chi connectivity index (χ0n) is 16.7. The van der Waals surface area contributed by atoms with Crippen molar-refractivity contribution in [1.82, 2.24) is 25.5 Å². The highest BCUT2D eigenvalue weighted by Gasteiger charge is 2.27. The van der Waals surface area contributed by atoms with Gasteiger partial charge in [0.2, 0.25) is 0 Å². The molecule has 1 aliphatic rings. The smallest absolute Gasteiger partial charge is 0.270 e. The first-order chi connectivity index (χ1) is 15.4. The van der Waals surface area contributed by atoms with Crippen LogP contribution in [-0.4, -0.2) is 31.8 Å². The molecule has 1 unspecified atom stereocenters. The molecule has 160 valence electrons. The molecular formula is C21H15ClFN7O2. The molecule has 32 heavy (non-hydrogen) atoms. The third-order valence-corrected chi connectivity index (χ3v) is 4.89. The number of amides is 1. The highest BCUT2D eigenvalue weighted by Crippen LogP contribution is 2.27. The van der Waals surface area contributed by atoms with E-state index in [0.717, 1.165) is 0 Å². The fraction of sp³-hybridized carbons (Fsp3) is 0.190. The molecule has 1 atom stereocenters. The van der Waals surface area contributed by atoms with Crippen LogP contribution in [0.25, 0.3) is 0 Å². The van der Waals surface area contributed by atoms with E-state index in [9.17, 15) is 9.18 Å². The lowest BCUT2D eigenvalue weighted by Gasteiger charge is -2.08. The van der Waals surface area contributed by atoms with Gasteiger partial charge in [-0.05, 0) is 42.8 Å². The summed E-state index contributed by atoms with van der Waals surface area (Å²) in [6.07, 6.45) is -0.104. The number of oxime groups is 1. The quantitative estimate of drug-likeness (QED) is 0.631. The molecule has 0 radical (unpaired) electrons. The van der Waals surface area contributed by atoms with Gasteiger partial charge in [0.05, 0.1) is 10.7 Å². The van der Waals surface area contributed by atoms with Crippen molar-refractivity contribution in [3.05, 3.63) is 81.4 Å². The molecule has 1 amide bonds. The number of carbonyl (C=O) groups excluding carboxylic acids is 1. The van der Waals surface area contributed by atoms with Gasteiger partial charge in [0.25, 0.3) is 5.91 Å². The summed E-state index contributed by atoms with van der Waals surface area (Å²) in [4.78, 5) is 26.6. The maximum absolute atomic E-state index is 13.3. The summed E-state index contributed by atoms with van der Waals surface area (Å²) in [5.41, 5.74) is 2.53. The fourth-order valence-corrected chi connectivity index (χ4v) is 3.22. The summed E-state index contributed by atoms with van der Waals surface area (Å²) in [6, 6.07) is 10.9. The number of aromatic nitrogens is 4. The van der Waals surface area contributed by atoms with Crippen molar-refractivity contribution in [2.45, 2.75) is 26.0 Å². The van der Waals surface area contributed by atoms with Gasteiger partial charge in [0.1, 0.15) is 34.8 Å². The van der Waals surface area contributed by atoms with E-state index in [1.54, 1.807) is 19.1 Å². The number of aryl methyl sites for hydroxylation is 1. The lowest BCUT2D eigenvalue weighted by atomic mass is 10.1. The summed E-state index contributed by atoms with van der Waals surface area (Å²) in [7, 11) is 0. The van der Waals surface area contributed by atoms with Gasteiger partial charge in [0, 0.05) is 13.0 Å². The molecule has 1 aliphatic heterocycles. The van der Waals surface area contributed by atoms with E-state index in [1.165, 1.54) is 24.3 Å². The molecule has 0 aliphatic carbocycles. The maximum Gasteiger partial charge on any atom is 0.270 e. The van der Waals surface area contributed by atoms with Crippen LogP contribution in [0.15, 0.2) is 41.6 Å². The summed E-state index contributed by atoms with van der Waals surface area (Å²) in [5, 5.41) is 23.4. The number of nitrogens with one attached hydrogen (secondary N) is 1. The Balaban J connectivity index is 1.45. The van der Waals surface area contributed by atoms with Crippen LogP contribution in [0.5, 0.6) is 0 Å². The van der Waals surface area contributed by atoms with Crippen LogP contribution in [0.4, 0.5) is 4.39 Å². The predicted octanol–water partition coefficient (Wildman–Crippen LogP) is 3.03. The topological polar surface area (TPSA) is 126 Å². The number of nitriles is 1. The molecule has 1 aromatic carbocycles. The summed E-state index contributed by atoms with van der Waals surface area (Å²) >= 11 is 5.78. The Morgan fingerprint density at radius 2 is 2.12 bits per heavy atom. The van der Waals surface area contributed by atoms with Crippen molar-refractivity contribution in [3.63, 3.8) is 0 Å². The molecule has 3 aromatic rings. The van der Waals surface area contributed by atoms with Gasteiger partial charge in [0.15, 0.2) is 11.8 Å². The lowest BCUT2D eigenvalue weighted by molar-refractivity contribution is 0.0818. The van der Waals surface area contributed by atoms with E-state index in [1.807, 2.05) is 6.07 Å². The number of hydrogen-bond acceptors (Lipinski definition) is 8. The van der Waals surface area contributed by atoms with Crippen molar-refractivity contribution in [1.29, 1.82) is 5.26 Å². The highest BCUT2D eigenvalue weighted by molar-refractivity contribution is 6.30. The third kappa shape index (κ3) is 4.68. The standard InChI is InChI=1S/C21H15ClFN7O2/c1-11-26-17(18-8-20(32-30-18)16-5-3-13(9-24)28-29-16)7-19(27-11)21(31)25-10-12-2-4-15(23)14(22)6-12/h2-7,20H,8,10H2,1H3,(H,25,31). The van der Waals surface area contributed by atoms with Crippen molar-refractivity contribution in [3.8, 4) is 6.07 Å². The molecule has 0 fully saturated rings. The van der Waals surface area contributed by atoms with Gasteiger partial charge >= 0.3 is 0 Å². The minimum absolute atomic E-state index is 0.0160. The van der Waals surface area contributed by atoms with Crippen molar-refractivity contribution in [2.75, 3.05) is 0 Å². The monoisotopic (exact) mass is 451 g/mol. The molecule has 3 heterocycles. The van der Waals surface area contributed by atoms with Crippen molar-refractivity contribution in [2.24, 2.45) is 5.16 Å². The molecule has 11 heteroatoms. The number of halogens is 2. The second kappa shape index (κ2) is 9.03. The second-order valence-electron chi connectivity index (χ2n) is 6.91. The first kappa shape index (κ1) is 21.3.